The molecule has 8 heteroatoms. The number of H-pyrrole nitrogens is 1. The molecule has 1 saturated heterocycles. The Balaban J connectivity index is 2.06. The summed E-state index contributed by atoms with van der Waals surface area (Å²) in [6.45, 7) is -0.430. The third kappa shape index (κ3) is 2.62. The summed E-state index contributed by atoms with van der Waals surface area (Å²) in [5.74, 6) is 0. The Labute approximate surface area is 101 Å². The SMILES string of the molecule is OC[C@@H]1O[C@@H](Sc2ncc[nH]2)[C@H](O)[C@H](O)[C@@H]1O. The van der Waals surface area contributed by atoms with Gasteiger partial charge < -0.3 is 30.1 Å². The van der Waals surface area contributed by atoms with Gasteiger partial charge in [-0.3, -0.25) is 0 Å². The zero-order valence-corrected chi connectivity index (χ0v) is 9.62. The number of rotatable bonds is 3. The van der Waals surface area contributed by atoms with Crippen LogP contribution in [0.1, 0.15) is 0 Å². The number of aromatic amines is 1. The van der Waals surface area contributed by atoms with Crippen molar-refractivity contribution in [2.75, 3.05) is 6.61 Å². The third-order valence-corrected chi connectivity index (χ3v) is 3.62. The van der Waals surface area contributed by atoms with Crippen molar-refractivity contribution in [2.45, 2.75) is 35.0 Å². The molecule has 0 amide bonds. The number of nitrogens with one attached hydrogen (secondary N) is 1. The standard InChI is InChI=1S/C9H14N2O5S/c12-3-4-5(13)6(14)7(15)8(16-4)17-9-10-1-2-11-9/h1-2,4-8,12-15H,3H2,(H,10,11)/t4-,5+,6+,7+,8-/m0/s1. The van der Waals surface area contributed by atoms with E-state index in [0.717, 1.165) is 11.8 Å². The van der Waals surface area contributed by atoms with Crippen molar-refractivity contribution in [3.05, 3.63) is 12.4 Å². The number of aliphatic hydroxyl groups excluding tert-OH is 4. The van der Waals surface area contributed by atoms with E-state index < -0.39 is 36.5 Å². The first-order chi connectivity index (χ1) is 8.13. The van der Waals surface area contributed by atoms with Crippen LogP contribution in [0, 0.1) is 0 Å². The second kappa shape index (κ2) is 5.34. The number of imidazole rings is 1. The monoisotopic (exact) mass is 262 g/mol. The van der Waals surface area contributed by atoms with E-state index in [0.29, 0.717) is 5.16 Å². The van der Waals surface area contributed by atoms with Crippen molar-refractivity contribution in [1.29, 1.82) is 0 Å². The molecule has 5 N–H and O–H groups in total. The van der Waals surface area contributed by atoms with E-state index in [4.69, 9.17) is 9.84 Å². The molecule has 1 fully saturated rings. The molecule has 0 radical (unpaired) electrons. The Morgan fingerprint density at radius 3 is 2.65 bits per heavy atom. The van der Waals surface area contributed by atoms with Crippen LogP contribution in [0.3, 0.4) is 0 Å². The highest BCUT2D eigenvalue weighted by Crippen LogP contribution is 2.31. The summed E-state index contributed by atoms with van der Waals surface area (Å²) in [6.07, 6.45) is -1.65. The summed E-state index contributed by atoms with van der Waals surface area (Å²) in [6, 6.07) is 0. The predicted molar refractivity (Wildman–Crippen MR) is 58.2 cm³/mol. The van der Waals surface area contributed by atoms with Gasteiger partial charge in [0.15, 0.2) is 5.16 Å². The maximum Gasteiger partial charge on any atom is 0.167 e. The lowest BCUT2D eigenvalue weighted by Crippen LogP contribution is -2.57. The molecule has 17 heavy (non-hydrogen) atoms. The van der Waals surface area contributed by atoms with Crippen LogP contribution in [0.25, 0.3) is 0 Å². The summed E-state index contributed by atoms with van der Waals surface area (Å²) in [5, 5.41) is 38.4. The van der Waals surface area contributed by atoms with E-state index in [1.807, 2.05) is 0 Å². The maximum atomic E-state index is 9.74. The molecule has 5 atom stereocenters. The van der Waals surface area contributed by atoms with Gasteiger partial charge in [-0.15, -0.1) is 0 Å². The van der Waals surface area contributed by atoms with Gasteiger partial charge in [-0.2, -0.15) is 0 Å². The first-order valence-corrected chi connectivity index (χ1v) is 5.98. The van der Waals surface area contributed by atoms with Crippen LogP contribution >= 0.6 is 11.8 Å². The first-order valence-electron chi connectivity index (χ1n) is 5.10. The Morgan fingerprint density at radius 1 is 1.29 bits per heavy atom. The van der Waals surface area contributed by atoms with Gasteiger partial charge in [0.05, 0.1) is 6.61 Å². The van der Waals surface area contributed by atoms with E-state index in [-0.39, 0.29) is 0 Å². The smallest absolute Gasteiger partial charge is 0.167 e. The molecule has 96 valence electrons. The number of aliphatic hydroxyl groups is 4. The highest BCUT2D eigenvalue weighted by molar-refractivity contribution is 7.99. The topological polar surface area (TPSA) is 119 Å². The van der Waals surface area contributed by atoms with Crippen LogP contribution in [-0.2, 0) is 4.74 Å². The Kier molecular flexibility index (Phi) is 4.02. The molecule has 0 aliphatic carbocycles. The van der Waals surface area contributed by atoms with Crippen molar-refractivity contribution in [3.8, 4) is 0 Å². The molecular formula is C9H14N2O5S. The zero-order valence-electron chi connectivity index (χ0n) is 8.80. The van der Waals surface area contributed by atoms with E-state index in [9.17, 15) is 15.3 Å². The predicted octanol–water partition coefficient (Wildman–Crippen LogP) is -1.70. The fourth-order valence-corrected chi connectivity index (χ4v) is 2.57. The van der Waals surface area contributed by atoms with Crippen molar-refractivity contribution >= 4 is 11.8 Å². The minimum atomic E-state index is -1.35. The molecule has 1 aliphatic heterocycles. The molecule has 0 aromatic carbocycles. The van der Waals surface area contributed by atoms with Gasteiger partial charge in [0.1, 0.15) is 29.9 Å². The van der Waals surface area contributed by atoms with Gasteiger partial charge in [-0.25, -0.2) is 4.98 Å². The average molecular weight is 262 g/mol. The first kappa shape index (κ1) is 12.8. The van der Waals surface area contributed by atoms with Crippen LogP contribution in [0.5, 0.6) is 0 Å². The lowest BCUT2D eigenvalue weighted by Gasteiger charge is -2.39. The highest BCUT2D eigenvalue weighted by atomic mass is 32.2. The van der Waals surface area contributed by atoms with Crippen LogP contribution in [0.2, 0.25) is 0 Å². The van der Waals surface area contributed by atoms with Crippen molar-refractivity contribution in [2.24, 2.45) is 0 Å². The molecule has 1 aromatic heterocycles. The van der Waals surface area contributed by atoms with Crippen molar-refractivity contribution in [3.63, 3.8) is 0 Å². The number of nitrogens with zero attached hydrogens (tertiary/aromatic N) is 1. The van der Waals surface area contributed by atoms with Crippen LogP contribution in [0.4, 0.5) is 0 Å². The quantitative estimate of drug-likeness (QED) is 0.440. The number of hydrogen-bond donors (Lipinski definition) is 5. The maximum absolute atomic E-state index is 9.74. The average Bonchev–Trinajstić information content (AvgIpc) is 2.83. The van der Waals surface area contributed by atoms with Gasteiger partial charge in [0.2, 0.25) is 0 Å². The van der Waals surface area contributed by atoms with Gasteiger partial charge >= 0.3 is 0 Å². The van der Waals surface area contributed by atoms with Gasteiger partial charge in [-0.05, 0) is 0 Å². The Morgan fingerprint density at radius 2 is 2.06 bits per heavy atom. The van der Waals surface area contributed by atoms with E-state index >= 15 is 0 Å². The number of aromatic nitrogens is 2. The summed E-state index contributed by atoms with van der Waals surface area (Å²) in [5.41, 5.74) is -0.795. The summed E-state index contributed by atoms with van der Waals surface area (Å²) in [7, 11) is 0. The van der Waals surface area contributed by atoms with E-state index in [1.54, 1.807) is 12.4 Å². The van der Waals surface area contributed by atoms with Crippen molar-refractivity contribution < 1.29 is 25.2 Å². The van der Waals surface area contributed by atoms with Crippen LogP contribution in [0.15, 0.2) is 17.6 Å². The third-order valence-electron chi connectivity index (χ3n) is 2.55. The number of hydrogen-bond acceptors (Lipinski definition) is 7. The largest absolute Gasteiger partial charge is 0.394 e. The molecule has 0 unspecified atom stereocenters. The molecule has 0 bridgehead atoms. The molecule has 2 rings (SSSR count). The lowest BCUT2D eigenvalue weighted by atomic mass is 10.0. The van der Waals surface area contributed by atoms with Crippen LogP contribution in [-0.4, -0.2) is 66.9 Å². The molecule has 7 nitrogen and oxygen atoms in total. The van der Waals surface area contributed by atoms with E-state index in [2.05, 4.69) is 9.97 Å². The minimum Gasteiger partial charge on any atom is -0.394 e. The molecule has 1 aliphatic rings. The van der Waals surface area contributed by atoms with Crippen molar-refractivity contribution in [1.82, 2.24) is 9.97 Å². The second-order valence-electron chi connectivity index (χ2n) is 3.71. The second-order valence-corrected chi connectivity index (χ2v) is 4.80. The zero-order chi connectivity index (χ0) is 12.4. The van der Waals surface area contributed by atoms with Gasteiger partial charge in [0.25, 0.3) is 0 Å². The summed E-state index contributed by atoms with van der Waals surface area (Å²) in [4.78, 5) is 6.77. The van der Waals surface area contributed by atoms with E-state index in [1.165, 1.54) is 0 Å². The summed E-state index contributed by atoms with van der Waals surface area (Å²) >= 11 is 1.08. The number of ether oxygens (including phenoxy) is 1. The molecular weight excluding hydrogens is 248 g/mol. The Hall–Kier alpha value is -0.640. The molecule has 0 saturated carbocycles. The molecule has 0 spiro atoms. The lowest BCUT2D eigenvalue weighted by molar-refractivity contribution is -0.205. The number of thioether (sulfide) groups is 1. The Bertz CT molecular complexity index is 347. The minimum absolute atomic E-state index is 0.430. The van der Waals surface area contributed by atoms with Gasteiger partial charge in [-0.1, -0.05) is 11.8 Å². The normalized spacial score (nSPS) is 38.2. The summed E-state index contributed by atoms with van der Waals surface area (Å²) < 4.78 is 5.30. The fourth-order valence-electron chi connectivity index (χ4n) is 1.59. The van der Waals surface area contributed by atoms with Gasteiger partial charge in [0, 0.05) is 12.4 Å². The highest BCUT2D eigenvalue weighted by Gasteiger charge is 2.44. The van der Waals surface area contributed by atoms with Crippen LogP contribution < -0.4 is 0 Å². The molecule has 2 heterocycles. The molecule has 1 aromatic rings. The fraction of sp³-hybridized carbons (Fsp3) is 0.667.